The maximum Gasteiger partial charge on any atom is 0.191 e. The van der Waals surface area contributed by atoms with Crippen LogP contribution in [-0.4, -0.2) is 24.7 Å². The van der Waals surface area contributed by atoms with Crippen molar-refractivity contribution in [2.24, 2.45) is 4.99 Å². The topological polar surface area (TPSA) is 65.9 Å². The number of hydrogen-bond acceptors (Lipinski definition) is 3. The van der Waals surface area contributed by atoms with Crippen LogP contribution in [0.2, 0.25) is 0 Å². The van der Waals surface area contributed by atoms with E-state index < -0.39 is 0 Å². The van der Waals surface area contributed by atoms with Crippen LogP contribution in [0.3, 0.4) is 0 Å². The molecular formula is C19H25FIN3O2. The van der Waals surface area contributed by atoms with E-state index in [0.29, 0.717) is 42.5 Å². The van der Waals surface area contributed by atoms with Crippen LogP contribution < -0.4 is 15.4 Å². The van der Waals surface area contributed by atoms with Gasteiger partial charge < -0.3 is 20.5 Å². The number of hydrogen-bond donors (Lipinski definition) is 3. The van der Waals surface area contributed by atoms with Crippen molar-refractivity contribution >= 4 is 29.9 Å². The van der Waals surface area contributed by atoms with Crippen molar-refractivity contribution in [3.63, 3.8) is 0 Å². The number of nitrogens with one attached hydrogen (secondary N) is 2. The second-order valence-corrected chi connectivity index (χ2v) is 5.60. The van der Waals surface area contributed by atoms with Gasteiger partial charge in [-0.25, -0.2) is 9.38 Å². The molecule has 5 nitrogen and oxygen atoms in total. The number of aromatic hydroxyl groups is 1. The zero-order valence-electron chi connectivity index (χ0n) is 15.2. The van der Waals surface area contributed by atoms with E-state index in [1.54, 1.807) is 25.1 Å². The van der Waals surface area contributed by atoms with Crippen LogP contribution in [0.1, 0.15) is 23.6 Å². The van der Waals surface area contributed by atoms with Crippen molar-refractivity contribution in [3.05, 3.63) is 58.9 Å². The molecule has 0 heterocycles. The minimum Gasteiger partial charge on any atom is -0.504 e. The molecule has 0 bridgehead atoms. The Bertz CT molecular complexity index is 754. The molecule has 0 saturated heterocycles. The first-order valence-corrected chi connectivity index (χ1v) is 8.17. The molecule has 0 fully saturated rings. The van der Waals surface area contributed by atoms with Crippen LogP contribution in [0, 0.1) is 12.7 Å². The molecule has 0 radical (unpaired) electrons. The number of phenols is 1. The molecule has 26 heavy (non-hydrogen) atoms. The highest BCUT2D eigenvalue weighted by Gasteiger charge is 2.08. The second kappa shape index (κ2) is 10.8. The number of ether oxygens (including phenoxy) is 1. The average Bonchev–Trinajstić information content (AvgIpc) is 2.61. The highest BCUT2D eigenvalue weighted by molar-refractivity contribution is 14.0. The summed E-state index contributed by atoms with van der Waals surface area (Å²) < 4.78 is 18.4. The van der Waals surface area contributed by atoms with Crippen LogP contribution >= 0.6 is 24.0 Å². The van der Waals surface area contributed by atoms with Gasteiger partial charge in [-0.2, -0.15) is 0 Å². The maximum absolute atomic E-state index is 13.3. The van der Waals surface area contributed by atoms with Crippen molar-refractivity contribution < 1.29 is 14.2 Å². The summed E-state index contributed by atoms with van der Waals surface area (Å²) in [7, 11) is 1.52. The van der Waals surface area contributed by atoms with Gasteiger partial charge in [0, 0.05) is 18.7 Å². The van der Waals surface area contributed by atoms with Crippen LogP contribution in [0.4, 0.5) is 4.39 Å². The first-order chi connectivity index (χ1) is 12.0. The Balaban J connectivity index is 0.00000338. The molecule has 0 aliphatic rings. The third kappa shape index (κ3) is 6.05. The number of guanidine groups is 1. The van der Waals surface area contributed by atoms with Gasteiger partial charge in [-0.15, -0.1) is 24.0 Å². The number of benzene rings is 2. The number of para-hydroxylation sites is 1. The summed E-state index contributed by atoms with van der Waals surface area (Å²) in [4.78, 5) is 4.50. The number of methoxy groups -OCH3 is 1. The Morgan fingerprint density at radius 3 is 2.65 bits per heavy atom. The van der Waals surface area contributed by atoms with Gasteiger partial charge >= 0.3 is 0 Å². The zero-order chi connectivity index (χ0) is 18.2. The smallest absolute Gasteiger partial charge is 0.191 e. The molecule has 0 amide bonds. The number of halogens is 2. The molecule has 0 atom stereocenters. The highest BCUT2D eigenvalue weighted by atomic mass is 127. The summed E-state index contributed by atoms with van der Waals surface area (Å²) >= 11 is 0. The van der Waals surface area contributed by atoms with Crippen LogP contribution in [0.25, 0.3) is 0 Å². The number of rotatable bonds is 6. The van der Waals surface area contributed by atoms with E-state index in [2.05, 4.69) is 15.6 Å². The standard InChI is InChI=1S/C19H24FN3O2.HI/c1-4-21-19(22-11-14-8-9-16(20)13(2)10-14)23-12-15-6-5-7-17(25-3)18(15)24;/h5-10,24H,4,11-12H2,1-3H3,(H2,21,22,23);1H. The van der Waals surface area contributed by atoms with Crippen LogP contribution in [0.15, 0.2) is 41.4 Å². The van der Waals surface area contributed by atoms with E-state index in [9.17, 15) is 9.50 Å². The third-order valence-electron chi connectivity index (χ3n) is 3.74. The monoisotopic (exact) mass is 473 g/mol. The molecular weight excluding hydrogens is 448 g/mol. The summed E-state index contributed by atoms with van der Waals surface area (Å²) in [5.41, 5.74) is 2.25. The number of aryl methyl sites for hydroxylation is 1. The van der Waals surface area contributed by atoms with Gasteiger partial charge in [0.05, 0.1) is 13.7 Å². The SMILES string of the molecule is CCNC(=NCc1ccc(F)c(C)c1)NCc1cccc(OC)c1O.I. The Kier molecular flexibility index (Phi) is 9.18. The van der Waals surface area contributed by atoms with Crippen LogP contribution in [-0.2, 0) is 13.1 Å². The van der Waals surface area contributed by atoms with Crippen molar-refractivity contribution in [3.8, 4) is 11.5 Å². The summed E-state index contributed by atoms with van der Waals surface area (Å²) in [6.45, 7) is 5.25. The lowest BCUT2D eigenvalue weighted by Crippen LogP contribution is -2.36. The second-order valence-electron chi connectivity index (χ2n) is 5.60. The van der Waals surface area contributed by atoms with Crippen LogP contribution in [0.5, 0.6) is 11.5 Å². The van der Waals surface area contributed by atoms with Crippen molar-refractivity contribution in [1.82, 2.24) is 10.6 Å². The molecule has 142 valence electrons. The van der Waals surface area contributed by atoms with E-state index in [1.807, 2.05) is 19.1 Å². The molecule has 7 heteroatoms. The quantitative estimate of drug-likeness (QED) is 0.340. The molecule has 2 aromatic carbocycles. The first-order valence-electron chi connectivity index (χ1n) is 8.17. The lowest BCUT2D eigenvalue weighted by Gasteiger charge is -2.13. The Hall–Kier alpha value is -2.03. The average molecular weight is 473 g/mol. The summed E-state index contributed by atoms with van der Waals surface area (Å²) in [5.74, 6) is 0.948. The van der Waals surface area contributed by atoms with E-state index in [-0.39, 0.29) is 35.5 Å². The lowest BCUT2D eigenvalue weighted by molar-refractivity contribution is 0.370. The highest BCUT2D eigenvalue weighted by Crippen LogP contribution is 2.29. The predicted molar refractivity (Wildman–Crippen MR) is 113 cm³/mol. The number of nitrogens with zero attached hydrogens (tertiary/aromatic N) is 1. The van der Waals surface area contributed by atoms with Gasteiger partial charge in [0.1, 0.15) is 5.82 Å². The fourth-order valence-electron chi connectivity index (χ4n) is 2.37. The summed E-state index contributed by atoms with van der Waals surface area (Å²) in [6, 6.07) is 10.3. The molecule has 3 N–H and O–H groups in total. The fourth-order valence-corrected chi connectivity index (χ4v) is 2.37. The molecule has 0 unspecified atom stereocenters. The first kappa shape index (κ1) is 22.0. The minimum atomic E-state index is -0.216. The molecule has 0 aliphatic heterocycles. The van der Waals surface area contributed by atoms with Gasteiger partial charge in [-0.1, -0.05) is 24.3 Å². The zero-order valence-corrected chi connectivity index (χ0v) is 17.5. The fraction of sp³-hybridized carbons (Fsp3) is 0.316. The normalized spacial score (nSPS) is 10.8. The number of aliphatic imine (C=N–C) groups is 1. The van der Waals surface area contributed by atoms with E-state index >= 15 is 0 Å². The van der Waals surface area contributed by atoms with E-state index in [1.165, 1.54) is 13.2 Å². The molecule has 0 spiro atoms. The third-order valence-corrected chi connectivity index (χ3v) is 3.74. The summed E-state index contributed by atoms with van der Waals surface area (Å²) in [5, 5.41) is 16.5. The van der Waals surface area contributed by atoms with Crippen molar-refractivity contribution in [2.45, 2.75) is 26.9 Å². The minimum absolute atomic E-state index is 0. The number of phenolic OH excluding ortho intramolecular Hbond substituents is 1. The van der Waals surface area contributed by atoms with E-state index in [4.69, 9.17) is 4.74 Å². The Labute approximate surface area is 170 Å². The Morgan fingerprint density at radius 2 is 2.00 bits per heavy atom. The van der Waals surface area contributed by atoms with Gasteiger partial charge in [-0.05, 0) is 37.1 Å². The molecule has 2 aromatic rings. The molecule has 2 rings (SSSR count). The van der Waals surface area contributed by atoms with Gasteiger partial charge in [-0.3, -0.25) is 0 Å². The maximum atomic E-state index is 13.3. The van der Waals surface area contributed by atoms with Crippen molar-refractivity contribution in [1.29, 1.82) is 0 Å². The lowest BCUT2D eigenvalue weighted by atomic mass is 10.1. The van der Waals surface area contributed by atoms with Gasteiger partial charge in [0.15, 0.2) is 17.5 Å². The van der Waals surface area contributed by atoms with E-state index in [0.717, 1.165) is 5.56 Å². The van der Waals surface area contributed by atoms with Gasteiger partial charge in [0.2, 0.25) is 0 Å². The van der Waals surface area contributed by atoms with Crippen molar-refractivity contribution in [2.75, 3.05) is 13.7 Å². The molecule has 0 saturated carbocycles. The molecule has 0 aromatic heterocycles. The summed E-state index contributed by atoms with van der Waals surface area (Å²) in [6.07, 6.45) is 0. The largest absolute Gasteiger partial charge is 0.504 e. The molecule has 0 aliphatic carbocycles. The Morgan fingerprint density at radius 1 is 1.23 bits per heavy atom. The van der Waals surface area contributed by atoms with Gasteiger partial charge in [0.25, 0.3) is 0 Å². The predicted octanol–water partition coefficient (Wildman–Crippen LogP) is 3.72.